The van der Waals surface area contributed by atoms with E-state index in [4.69, 9.17) is 0 Å². The number of sulfonamides is 1. The molecule has 2 rings (SSSR count). The van der Waals surface area contributed by atoms with Gasteiger partial charge in [0.25, 0.3) is 10.0 Å². The van der Waals surface area contributed by atoms with Crippen molar-refractivity contribution in [3.8, 4) is 0 Å². The maximum atomic E-state index is 12.3. The highest BCUT2D eigenvalue weighted by Crippen LogP contribution is 2.29. The monoisotopic (exact) mass is 374 g/mol. The molecule has 0 spiro atoms. The topological polar surface area (TPSA) is 49.4 Å². The molecule has 0 saturated carbocycles. The number of nitrogens with one attached hydrogen (secondary N) is 1. The molecule has 20 heavy (non-hydrogen) atoms. The highest BCUT2D eigenvalue weighted by molar-refractivity contribution is 9.10. The summed E-state index contributed by atoms with van der Waals surface area (Å²) in [6, 6.07) is 9.14. The third-order valence-corrected chi connectivity index (χ3v) is 6.56. The van der Waals surface area contributed by atoms with Crippen molar-refractivity contribution < 1.29 is 8.42 Å². The lowest BCUT2D eigenvalue weighted by Crippen LogP contribution is -2.13. The molecule has 108 valence electrons. The van der Waals surface area contributed by atoms with Gasteiger partial charge in [0, 0.05) is 16.7 Å². The van der Waals surface area contributed by atoms with E-state index in [9.17, 15) is 8.42 Å². The first-order chi connectivity index (χ1) is 9.38. The van der Waals surface area contributed by atoms with Gasteiger partial charge in [-0.05, 0) is 59.2 Å². The van der Waals surface area contributed by atoms with E-state index < -0.39 is 10.0 Å². The minimum Gasteiger partial charge on any atom is -0.305 e. The van der Waals surface area contributed by atoms with E-state index in [-0.39, 0.29) is 4.21 Å². The molecule has 1 N–H and O–H groups in total. The molecule has 0 atom stereocenters. The highest BCUT2D eigenvalue weighted by Gasteiger charge is 2.19. The average molecular weight is 375 g/mol. The molecule has 1 aromatic carbocycles. The van der Waals surface area contributed by atoms with Crippen LogP contribution < -0.4 is 4.72 Å². The number of hydrogen-bond acceptors (Lipinski definition) is 4. The van der Waals surface area contributed by atoms with Gasteiger partial charge >= 0.3 is 0 Å². The molecule has 1 heterocycles. The van der Waals surface area contributed by atoms with Crippen molar-refractivity contribution in [1.29, 1.82) is 0 Å². The SMILES string of the molecule is CN(C)Cc1cccc(NS(=O)(=O)c2sccc2Br)c1. The Kier molecular flexibility index (Phi) is 4.85. The van der Waals surface area contributed by atoms with Crippen molar-refractivity contribution in [2.45, 2.75) is 10.8 Å². The molecule has 4 nitrogen and oxygen atoms in total. The molecule has 0 radical (unpaired) electrons. The van der Waals surface area contributed by atoms with Crippen LogP contribution in [0.25, 0.3) is 0 Å². The molecule has 0 unspecified atom stereocenters. The first-order valence-corrected chi connectivity index (χ1v) is 9.03. The van der Waals surface area contributed by atoms with Gasteiger partial charge in [-0.3, -0.25) is 4.72 Å². The van der Waals surface area contributed by atoms with Crippen molar-refractivity contribution in [3.63, 3.8) is 0 Å². The van der Waals surface area contributed by atoms with Gasteiger partial charge in [0.15, 0.2) is 4.21 Å². The zero-order valence-corrected chi connectivity index (χ0v) is 14.3. The summed E-state index contributed by atoms with van der Waals surface area (Å²) in [5, 5.41) is 1.74. The molecule has 0 aliphatic heterocycles. The third kappa shape index (κ3) is 3.82. The summed E-state index contributed by atoms with van der Waals surface area (Å²) in [5.74, 6) is 0. The molecule has 0 saturated heterocycles. The Morgan fingerprint density at radius 1 is 1.30 bits per heavy atom. The Hall–Kier alpha value is -0.890. The van der Waals surface area contributed by atoms with Gasteiger partial charge in [-0.1, -0.05) is 12.1 Å². The highest BCUT2D eigenvalue weighted by atomic mass is 79.9. The molecule has 0 aliphatic carbocycles. The first-order valence-electron chi connectivity index (χ1n) is 5.88. The van der Waals surface area contributed by atoms with Gasteiger partial charge in [0.05, 0.1) is 0 Å². The Balaban J connectivity index is 2.24. The van der Waals surface area contributed by atoms with E-state index >= 15 is 0 Å². The lowest BCUT2D eigenvalue weighted by atomic mass is 10.2. The number of benzene rings is 1. The van der Waals surface area contributed by atoms with Gasteiger partial charge < -0.3 is 4.90 Å². The molecule has 0 bridgehead atoms. The molecule has 7 heteroatoms. The number of thiophene rings is 1. The maximum absolute atomic E-state index is 12.3. The summed E-state index contributed by atoms with van der Waals surface area (Å²) < 4.78 is 28.0. The average Bonchev–Trinajstić information content (AvgIpc) is 2.75. The second-order valence-electron chi connectivity index (χ2n) is 4.60. The van der Waals surface area contributed by atoms with E-state index in [0.717, 1.165) is 12.1 Å². The smallest absolute Gasteiger partial charge is 0.272 e. The van der Waals surface area contributed by atoms with Crippen LogP contribution in [0.3, 0.4) is 0 Å². The van der Waals surface area contributed by atoms with Gasteiger partial charge in [-0.2, -0.15) is 0 Å². The zero-order chi connectivity index (χ0) is 14.8. The van der Waals surface area contributed by atoms with Crippen LogP contribution in [0.5, 0.6) is 0 Å². The second kappa shape index (κ2) is 6.26. The van der Waals surface area contributed by atoms with Crippen LogP contribution in [0.2, 0.25) is 0 Å². The van der Waals surface area contributed by atoms with Crippen LogP contribution in [0.1, 0.15) is 5.56 Å². The molecule has 0 aliphatic rings. The number of nitrogens with zero attached hydrogens (tertiary/aromatic N) is 1. The predicted molar refractivity (Wildman–Crippen MR) is 86.7 cm³/mol. The predicted octanol–water partition coefficient (Wildman–Crippen LogP) is 3.37. The van der Waals surface area contributed by atoms with Crippen LogP contribution in [0.15, 0.2) is 44.4 Å². The lowest BCUT2D eigenvalue weighted by molar-refractivity contribution is 0.402. The van der Waals surface area contributed by atoms with Crippen LogP contribution >= 0.6 is 27.3 Å². The van der Waals surface area contributed by atoms with Gasteiger partial charge in [0.2, 0.25) is 0 Å². The summed E-state index contributed by atoms with van der Waals surface area (Å²) in [7, 11) is 0.406. The quantitative estimate of drug-likeness (QED) is 0.872. The van der Waals surface area contributed by atoms with Gasteiger partial charge in [0.1, 0.15) is 0 Å². The molecule has 2 aromatic rings. The summed E-state index contributed by atoms with van der Waals surface area (Å²) >= 11 is 4.43. The molecular formula is C13H15BrN2O2S2. The van der Waals surface area contributed by atoms with Gasteiger partial charge in [-0.25, -0.2) is 8.42 Å². The van der Waals surface area contributed by atoms with Crippen LogP contribution in [-0.2, 0) is 16.6 Å². The van der Waals surface area contributed by atoms with E-state index in [2.05, 4.69) is 20.7 Å². The molecular weight excluding hydrogens is 360 g/mol. The van der Waals surface area contributed by atoms with Crippen LogP contribution in [0.4, 0.5) is 5.69 Å². The first kappa shape index (κ1) is 15.5. The van der Waals surface area contributed by atoms with Crippen molar-refractivity contribution >= 4 is 43.0 Å². The zero-order valence-electron chi connectivity index (χ0n) is 11.1. The van der Waals surface area contributed by atoms with Crippen molar-refractivity contribution in [3.05, 3.63) is 45.7 Å². The number of hydrogen-bond donors (Lipinski definition) is 1. The third-order valence-electron chi connectivity index (χ3n) is 2.51. The van der Waals surface area contributed by atoms with Crippen molar-refractivity contribution in [2.24, 2.45) is 0 Å². The molecule has 1 aromatic heterocycles. The summed E-state index contributed by atoms with van der Waals surface area (Å²) in [6.07, 6.45) is 0. The number of anilines is 1. The lowest BCUT2D eigenvalue weighted by Gasteiger charge is -2.12. The van der Waals surface area contributed by atoms with E-state index in [0.29, 0.717) is 10.2 Å². The maximum Gasteiger partial charge on any atom is 0.272 e. The summed E-state index contributed by atoms with van der Waals surface area (Å²) in [4.78, 5) is 2.03. The van der Waals surface area contributed by atoms with E-state index in [1.165, 1.54) is 11.3 Å². The fourth-order valence-corrected chi connectivity index (χ4v) is 5.16. The summed E-state index contributed by atoms with van der Waals surface area (Å²) in [5.41, 5.74) is 1.63. The van der Waals surface area contributed by atoms with E-state index in [1.807, 2.05) is 37.2 Å². The van der Waals surface area contributed by atoms with Crippen molar-refractivity contribution in [1.82, 2.24) is 4.90 Å². The fraction of sp³-hybridized carbons (Fsp3) is 0.231. The number of rotatable bonds is 5. The fourth-order valence-electron chi connectivity index (χ4n) is 1.77. The largest absolute Gasteiger partial charge is 0.305 e. The summed E-state index contributed by atoms with van der Waals surface area (Å²) in [6.45, 7) is 0.762. The minimum absolute atomic E-state index is 0.288. The van der Waals surface area contributed by atoms with Crippen LogP contribution in [0, 0.1) is 0 Å². The second-order valence-corrected chi connectivity index (χ2v) is 8.25. The standard InChI is InChI=1S/C13H15BrN2O2S2/c1-16(2)9-10-4-3-5-11(8-10)15-20(17,18)13-12(14)6-7-19-13/h3-8,15H,9H2,1-2H3. The van der Waals surface area contributed by atoms with Crippen molar-refractivity contribution in [2.75, 3.05) is 18.8 Å². The Bertz CT molecular complexity index is 696. The normalized spacial score (nSPS) is 11.8. The Labute approximate surface area is 131 Å². The minimum atomic E-state index is -3.54. The van der Waals surface area contributed by atoms with Gasteiger partial charge in [-0.15, -0.1) is 11.3 Å². The molecule has 0 amide bonds. The number of halogens is 1. The Morgan fingerprint density at radius 3 is 2.65 bits per heavy atom. The molecule has 0 fully saturated rings. The Morgan fingerprint density at radius 2 is 2.05 bits per heavy atom. The van der Waals surface area contributed by atoms with Crippen LogP contribution in [-0.4, -0.2) is 27.4 Å². The van der Waals surface area contributed by atoms with E-state index in [1.54, 1.807) is 17.5 Å².